The molecule has 0 radical (unpaired) electrons. The first-order valence-electron chi connectivity index (χ1n) is 18.7. The lowest BCUT2D eigenvalue weighted by Gasteiger charge is -2.26. The minimum Gasteiger partial charge on any atom is -0.323 e. The van der Waals surface area contributed by atoms with Crippen molar-refractivity contribution in [2.75, 3.05) is 0 Å². The van der Waals surface area contributed by atoms with Crippen LogP contribution in [0, 0.1) is 23.2 Å². The molecule has 0 saturated carbocycles. The van der Waals surface area contributed by atoms with Gasteiger partial charge < -0.3 is 4.57 Å². The molecule has 2 heterocycles. The van der Waals surface area contributed by atoms with E-state index in [9.17, 15) is 0 Å². The first-order chi connectivity index (χ1) is 24.6. The van der Waals surface area contributed by atoms with Crippen LogP contribution in [0.2, 0.25) is 0 Å². The molecule has 0 atom stereocenters. The molecule has 4 nitrogen and oxygen atoms in total. The summed E-state index contributed by atoms with van der Waals surface area (Å²) in [6, 6.07) is 42.9. The molecule has 0 spiro atoms. The maximum Gasteiger partial charge on any atom is 0.145 e. The second-order valence-corrected chi connectivity index (χ2v) is 18.0. The molecule has 52 heavy (non-hydrogen) atoms. The van der Waals surface area contributed by atoms with E-state index in [2.05, 4.69) is 194 Å². The van der Waals surface area contributed by atoms with Gasteiger partial charge in [-0.05, 0) is 77.0 Å². The number of rotatable bonds is 6. The van der Waals surface area contributed by atoms with Gasteiger partial charge in [0.1, 0.15) is 11.6 Å². The predicted molar refractivity (Wildman–Crippen MR) is 222 cm³/mol. The molecule has 7 aromatic rings. The Labute approximate surface area is 311 Å². The second-order valence-electron chi connectivity index (χ2n) is 18.0. The van der Waals surface area contributed by atoms with Crippen LogP contribution in [0.15, 0.2) is 121 Å². The third kappa shape index (κ3) is 8.73. The molecule has 2 aromatic heterocycles. The van der Waals surface area contributed by atoms with E-state index in [-0.39, 0.29) is 16.2 Å². The zero-order chi connectivity index (χ0) is 37.3. The molecule has 0 aliphatic rings. The van der Waals surface area contributed by atoms with Gasteiger partial charge in [0, 0.05) is 17.7 Å². The van der Waals surface area contributed by atoms with Gasteiger partial charge in [-0.15, -0.1) is 0 Å². The average molecular weight is 689 g/mol. The number of hydrogen-bond acceptors (Lipinski definition) is 2. The van der Waals surface area contributed by atoms with Gasteiger partial charge in [-0.1, -0.05) is 159 Å². The molecule has 0 aliphatic carbocycles. The summed E-state index contributed by atoms with van der Waals surface area (Å²) in [4.78, 5) is 9.99. The van der Waals surface area contributed by atoms with Crippen molar-refractivity contribution >= 4 is 22.1 Å². The SMILES string of the molecule is CC(C)(C)Cc1cccc(CC(C)(C)C)c1-n1c(-c2ccccc2)nc2ccccc21.Cc1ccc2c(c1)nc(-c1ccccc1)n2CC(C)(C)C. The van der Waals surface area contributed by atoms with Gasteiger partial charge >= 0.3 is 0 Å². The maximum atomic E-state index is 5.10. The Morgan fingerprint density at radius 3 is 1.56 bits per heavy atom. The van der Waals surface area contributed by atoms with E-state index >= 15 is 0 Å². The van der Waals surface area contributed by atoms with Crippen molar-refractivity contribution in [2.45, 2.75) is 88.6 Å². The molecule has 0 bridgehead atoms. The predicted octanol–water partition coefficient (Wildman–Crippen LogP) is 12.9. The Hall–Kier alpha value is -4.96. The lowest BCUT2D eigenvalue weighted by Crippen LogP contribution is -2.17. The van der Waals surface area contributed by atoms with Gasteiger partial charge in [-0.3, -0.25) is 4.57 Å². The van der Waals surface area contributed by atoms with Gasteiger partial charge in [0.05, 0.1) is 27.8 Å². The van der Waals surface area contributed by atoms with Crippen LogP contribution < -0.4 is 0 Å². The Morgan fingerprint density at radius 1 is 0.481 bits per heavy atom. The zero-order valence-electron chi connectivity index (χ0n) is 33.0. The molecule has 0 N–H and O–H groups in total. The van der Waals surface area contributed by atoms with Crippen LogP contribution in [-0.2, 0) is 19.4 Å². The van der Waals surface area contributed by atoms with Gasteiger partial charge in [-0.2, -0.15) is 0 Å². The highest BCUT2D eigenvalue weighted by molar-refractivity contribution is 5.84. The second kappa shape index (κ2) is 14.6. The van der Waals surface area contributed by atoms with Crippen LogP contribution in [0.4, 0.5) is 0 Å². The van der Waals surface area contributed by atoms with E-state index in [1.165, 1.54) is 33.5 Å². The van der Waals surface area contributed by atoms with Gasteiger partial charge in [0.2, 0.25) is 0 Å². The third-order valence-electron chi connectivity index (χ3n) is 9.03. The summed E-state index contributed by atoms with van der Waals surface area (Å²) >= 11 is 0. The van der Waals surface area contributed by atoms with Crippen molar-refractivity contribution in [2.24, 2.45) is 16.2 Å². The highest BCUT2D eigenvalue weighted by Crippen LogP contribution is 2.37. The van der Waals surface area contributed by atoms with Crippen molar-refractivity contribution in [3.8, 4) is 28.5 Å². The van der Waals surface area contributed by atoms with Crippen LogP contribution in [0.1, 0.15) is 79.0 Å². The molecule has 0 fully saturated rings. The molecule has 0 saturated heterocycles. The molecular formula is C48H56N4. The Morgan fingerprint density at radius 2 is 1.00 bits per heavy atom. The molecule has 0 amide bonds. The number of aromatic nitrogens is 4. The summed E-state index contributed by atoms with van der Waals surface area (Å²) in [5.74, 6) is 2.07. The molecule has 0 aliphatic heterocycles. The summed E-state index contributed by atoms with van der Waals surface area (Å²) in [6.45, 7) is 23.8. The topological polar surface area (TPSA) is 35.6 Å². The van der Waals surface area contributed by atoms with Crippen LogP contribution in [0.25, 0.3) is 50.5 Å². The van der Waals surface area contributed by atoms with E-state index in [4.69, 9.17) is 9.97 Å². The quantitative estimate of drug-likeness (QED) is 0.174. The Kier molecular flexibility index (Phi) is 10.3. The lowest BCUT2D eigenvalue weighted by molar-refractivity contribution is 0.350. The van der Waals surface area contributed by atoms with Crippen molar-refractivity contribution in [1.82, 2.24) is 19.1 Å². The number of nitrogens with zero attached hydrogens (tertiary/aromatic N) is 4. The molecule has 0 unspecified atom stereocenters. The van der Waals surface area contributed by atoms with Crippen LogP contribution in [0.5, 0.6) is 0 Å². The Bertz CT molecular complexity index is 2230. The van der Waals surface area contributed by atoms with E-state index in [1.807, 2.05) is 6.07 Å². The fraction of sp³-hybridized carbons (Fsp3) is 0.333. The fourth-order valence-corrected chi connectivity index (χ4v) is 7.07. The number of para-hydroxylation sites is 3. The van der Waals surface area contributed by atoms with E-state index in [0.717, 1.165) is 53.1 Å². The van der Waals surface area contributed by atoms with Gasteiger partial charge in [-0.25, -0.2) is 9.97 Å². The monoisotopic (exact) mass is 688 g/mol. The fourth-order valence-electron chi connectivity index (χ4n) is 7.07. The molecule has 5 aromatic carbocycles. The van der Waals surface area contributed by atoms with Crippen molar-refractivity contribution in [3.63, 3.8) is 0 Å². The first kappa shape index (κ1) is 36.8. The summed E-state index contributed by atoms with van der Waals surface area (Å²) in [6.07, 6.45) is 2.03. The summed E-state index contributed by atoms with van der Waals surface area (Å²) in [7, 11) is 0. The van der Waals surface area contributed by atoms with E-state index in [0.29, 0.717) is 0 Å². The first-order valence-corrected chi connectivity index (χ1v) is 18.7. The van der Waals surface area contributed by atoms with Crippen molar-refractivity contribution in [1.29, 1.82) is 0 Å². The largest absolute Gasteiger partial charge is 0.323 e. The number of aryl methyl sites for hydroxylation is 1. The van der Waals surface area contributed by atoms with Crippen LogP contribution >= 0.6 is 0 Å². The highest BCUT2D eigenvalue weighted by Gasteiger charge is 2.24. The minimum atomic E-state index is 0.193. The molecule has 4 heteroatoms. The van der Waals surface area contributed by atoms with Crippen molar-refractivity contribution in [3.05, 3.63) is 138 Å². The summed E-state index contributed by atoms with van der Waals surface area (Å²) in [5.41, 5.74) is 12.7. The van der Waals surface area contributed by atoms with Crippen LogP contribution in [0.3, 0.4) is 0 Å². The summed E-state index contributed by atoms with van der Waals surface area (Å²) in [5, 5.41) is 0. The molecule has 7 rings (SSSR count). The normalized spacial score (nSPS) is 12.3. The third-order valence-corrected chi connectivity index (χ3v) is 9.03. The van der Waals surface area contributed by atoms with Crippen LogP contribution in [-0.4, -0.2) is 19.1 Å². The standard InChI is InChI=1S/C29H34N2.C19H22N2/c1-28(2,3)19-22-15-12-16-23(20-29(4,5)6)26(22)31-25-18-11-10-17-24(25)30-27(31)21-13-8-7-9-14-21;1-14-10-11-17-16(12-14)20-18(15-8-6-5-7-9-15)21(17)13-19(2,3)4/h7-18H,19-20H2,1-6H3;5-12H,13H2,1-4H3. The van der Waals surface area contributed by atoms with E-state index in [1.54, 1.807) is 0 Å². The minimum absolute atomic E-state index is 0.193. The zero-order valence-corrected chi connectivity index (χ0v) is 33.0. The van der Waals surface area contributed by atoms with Crippen molar-refractivity contribution < 1.29 is 0 Å². The smallest absolute Gasteiger partial charge is 0.145 e. The Balaban J connectivity index is 0.000000192. The lowest BCUT2D eigenvalue weighted by atomic mass is 9.83. The molecule has 268 valence electrons. The van der Waals surface area contributed by atoms with Gasteiger partial charge in [0.25, 0.3) is 0 Å². The average Bonchev–Trinajstić information content (AvgIpc) is 3.62. The number of hydrogen-bond donors (Lipinski definition) is 0. The number of fused-ring (bicyclic) bond motifs is 2. The van der Waals surface area contributed by atoms with E-state index < -0.39 is 0 Å². The number of benzene rings is 5. The highest BCUT2D eigenvalue weighted by atomic mass is 15.1. The summed E-state index contributed by atoms with van der Waals surface area (Å²) < 4.78 is 4.76. The molecular weight excluding hydrogens is 633 g/mol. The van der Waals surface area contributed by atoms with Gasteiger partial charge in [0.15, 0.2) is 0 Å². The number of imidazole rings is 2. The maximum absolute atomic E-state index is 5.10.